The Balaban J connectivity index is 1.62. The Morgan fingerprint density at radius 1 is 1.25 bits per heavy atom. The summed E-state index contributed by atoms with van der Waals surface area (Å²) in [5.41, 5.74) is 0. The zero-order valence-electron chi connectivity index (χ0n) is 9.65. The van der Waals surface area contributed by atoms with E-state index in [0.29, 0.717) is 12.3 Å². The number of nitrogens with one attached hydrogen (secondary N) is 1. The molecule has 2 heterocycles. The van der Waals surface area contributed by atoms with Crippen molar-refractivity contribution in [1.29, 1.82) is 0 Å². The van der Waals surface area contributed by atoms with Crippen LogP contribution in [0.1, 0.15) is 38.5 Å². The van der Waals surface area contributed by atoms with E-state index in [0.717, 1.165) is 19.5 Å². The molecule has 0 aromatic rings. The number of rotatable bonds is 2. The van der Waals surface area contributed by atoms with Crippen molar-refractivity contribution in [2.75, 3.05) is 13.1 Å². The van der Waals surface area contributed by atoms with Gasteiger partial charge in [-0.15, -0.1) is 0 Å². The maximum absolute atomic E-state index is 11.9. The normalized spacial score (nSPS) is 36.5. The number of nitrogens with zero attached hydrogens (tertiary/aromatic N) is 1. The molecule has 3 rings (SSSR count). The van der Waals surface area contributed by atoms with E-state index in [9.17, 15) is 4.79 Å². The van der Waals surface area contributed by atoms with E-state index >= 15 is 0 Å². The molecule has 1 saturated carbocycles. The topological polar surface area (TPSA) is 41.6 Å². The quantitative estimate of drug-likeness (QED) is 0.763. The van der Waals surface area contributed by atoms with Gasteiger partial charge in [0.15, 0.2) is 0 Å². The summed E-state index contributed by atoms with van der Waals surface area (Å²) in [5, 5.41) is 4.95. The molecule has 1 aliphatic carbocycles. The van der Waals surface area contributed by atoms with Crippen LogP contribution in [0.25, 0.3) is 0 Å². The van der Waals surface area contributed by atoms with Crippen LogP contribution in [0, 0.1) is 5.92 Å². The molecule has 2 aliphatic heterocycles. The molecule has 3 aliphatic rings. The van der Waals surface area contributed by atoms with Gasteiger partial charge in [0.1, 0.15) is 0 Å². The van der Waals surface area contributed by atoms with Gasteiger partial charge in [-0.3, -0.25) is 9.63 Å². The largest absolute Gasteiger partial charge is 0.315 e. The summed E-state index contributed by atoms with van der Waals surface area (Å²) < 4.78 is 0. The van der Waals surface area contributed by atoms with E-state index in [1.165, 1.54) is 25.7 Å². The second-order valence-corrected chi connectivity index (χ2v) is 5.26. The van der Waals surface area contributed by atoms with Crippen LogP contribution in [0.15, 0.2) is 0 Å². The predicted octanol–water partition coefficient (Wildman–Crippen LogP) is 1.07. The fourth-order valence-electron chi connectivity index (χ4n) is 3.22. The number of carbonyl (C=O) groups is 1. The Labute approximate surface area is 96.3 Å². The monoisotopic (exact) mass is 224 g/mol. The highest BCUT2D eigenvalue weighted by Crippen LogP contribution is 2.35. The predicted molar refractivity (Wildman–Crippen MR) is 59.6 cm³/mol. The third kappa shape index (κ3) is 1.84. The Hall–Kier alpha value is -0.610. The molecule has 3 fully saturated rings. The minimum atomic E-state index is 0.176. The Bertz CT molecular complexity index is 270. The summed E-state index contributed by atoms with van der Waals surface area (Å²) in [5.74, 6) is 0.828. The van der Waals surface area contributed by atoms with Crippen LogP contribution < -0.4 is 5.32 Å². The molecule has 1 N–H and O–H groups in total. The number of hydrogen-bond donors (Lipinski definition) is 1. The lowest BCUT2D eigenvalue weighted by Gasteiger charge is -2.24. The molecule has 0 bridgehead atoms. The molecule has 0 aromatic carbocycles. The van der Waals surface area contributed by atoms with Crippen molar-refractivity contribution in [3.05, 3.63) is 0 Å². The summed E-state index contributed by atoms with van der Waals surface area (Å²) >= 11 is 0. The van der Waals surface area contributed by atoms with Gasteiger partial charge in [-0.2, -0.15) is 0 Å². The molecular formula is C12H20N2O2. The third-order valence-electron chi connectivity index (χ3n) is 4.16. The highest BCUT2D eigenvalue weighted by molar-refractivity contribution is 5.77. The Morgan fingerprint density at radius 2 is 2.06 bits per heavy atom. The van der Waals surface area contributed by atoms with Crippen molar-refractivity contribution in [1.82, 2.24) is 10.4 Å². The van der Waals surface area contributed by atoms with Crippen LogP contribution in [-0.4, -0.2) is 36.2 Å². The molecule has 4 heteroatoms. The van der Waals surface area contributed by atoms with Gasteiger partial charge in [0.25, 0.3) is 0 Å². The van der Waals surface area contributed by atoms with Crippen molar-refractivity contribution in [2.45, 2.75) is 50.7 Å². The first-order chi connectivity index (χ1) is 7.84. The first-order valence-corrected chi connectivity index (χ1v) is 6.54. The molecule has 0 spiro atoms. The molecule has 90 valence electrons. The van der Waals surface area contributed by atoms with Crippen molar-refractivity contribution in [2.24, 2.45) is 5.92 Å². The lowest BCUT2D eigenvalue weighted by Crippen LogP contribution is -2.37. The standard InChI is InChI=1S/C12H20N2O2/c15-12-7-11(9-3-1-2-4-9)16-14(12)10-5-6-13-8-10/h9-11,13H,1-8H2. The SMILES string of the molecule is O=C1CC(C2CCCC2)ON1C1CCNC1. The van der Waals surface area contributed by atoms with Crippen LogP contribution in [0.5, 0.6) is 0 Å². The zero-order chi connectivity index (χ0) is 11.0. The van der Waals surface area contributed by atoms with Gasteiger partial charge in [0.05, 0.1) is 18.6 Å². The van der Waals surface area contributed by atoms with E-state index in [1.54, 1.807) is 5.06 Å². The van der Waals surface area contributed by atoms with Crippen LogP contribution in [0.4, 0.5) is 0 Å². The molecule has 2 saturated heterocycles. The van der Waals surface area contributed by atoms with Gasteiger partial charge >= 0.3 is 0 Å². The molecule has 4 nitrogen and oxygen atoms in total. The smallest absolute Gasteiger partial charge is 0.249 e. The van der Waals surface area contributed by atoms with Gasteiger partial charge in [0, 0.05) is 6.54 Å². The number of hydrogen-bond acceptors (Lipinski definition) is 3. The minimum Gasteiger partial charge on any atom is -0.315 e. The molecule has 1 amide bonds. The van der Waals surface area contributed by atoms with Crippen LogP contribution in [0.3, 0.4) is 0 Å². The van der Waals surface area contributed by atoms with Crippen LogP contribution in [0.2, 0.25) is 0 Å². The van der Waals surface area contributed by atoms with Gasteiger partial charge in [0.2, 0.25) is 5.91 Å². The molecule has 2 unspecified atom stereocenters. The van der Waals surface area contributed by atoms with Crippen molar-refractivity contribution in [3.63, 3.8) is 0 Å². The number of hydroxylamine groups is 2. The van der Waals surface area contributed by atoms with E-state index in [1.807, 2.05) is 0 Å². The van der Waals surface area contributed by atoms with Gasteiger partial charge in [-0.05, 0) is 31.7 Å². The van der Waals surface area contributed by atoms with Gasteiger partial charge in [-0.1, -0.05) is 12.8 Å². The van der Waals surface area contributed by atoms with E-state index in [2.05, 4.69) is 5.32 Å². The lowest BCUT2D eigenvalue weighted by molar-refractivity contribution is -0.191. The summed E-state index contributed by atoms with van der Waals surface area (Å²) in [4.78, 5) is 17.8. The fraction of sp³-hybridized carbons (Fsp3) is 0.917. The molecule has 0 aromatic heterocycles. The second-order valence-electron chi connectivity index (χ2n) is 5.26. The van der Waals surface area contributed by atoms with Crippen molar-refractivity contribution in [3.8, 4) is 0 Å². The average Bonchev–Trinajstić information content (AvgIpc) is 2.97. The highest BCUT2D eigenvalue weighted by atomic mass is 16.7. The van der Waals surface area contributed by atoms with Crippen LogP contribution >= 0.6 is 0 Å². The lowest BCUT2D eigenvalue weighted by atomic mass is 9.99. The van der Waals surface area contributed by atoms with Crippen molar-refractivity contribution < 1.29 is 9.63 Å². The Morgan fingerprint density at radius 3 is 2.75 bits per heavy atom. The second kappa shape index (κ2) is 4.34. The van der Waals surface area contributed by atoms with E-state index < -0.39 is 0 Å². The van der Waals surface area contributed by atoms with Gasteiger partial charge < -0.3 is 5.32 Å². The summed E-state index contributed by atoms with van der Waals surface area (Å²) in [6.45, 7) is 1.90. The van der Waals surface area contributed by atoms with E-state index in [4.69, 9.17) is 4.84 Å². The summed E-state index contributed by atoms with van der Waals surface area (Å²) in [6, 6.07) is 0.277. The minimum absolute atomic E-state index is 0.176. The first-order valence-electron chi connectivity index (χ1n) is 6.54. The first kappa shape index (κ1) is 10.5. The maximum atomic E-state index is 11.9. The maximum Gasteiger partial charge on any atom is 0.249 e. The molecule has 0 radical (unpaired) electrons. The molecule has 2 atom stereocenters. The summed E-state index contributed by atoms with van der Waals surface area (Å²) in [7, 11) is 0. The third-order valence-corrected chi connectivity index (χ3v) is 4.16. The number of carbonyl (C=O) groups excluding carboxylic acids is 1. The number of amides is 1. The summed E-state index contributed by atoms with van der Waals surface area (Å²) in [6.07, 6.45) is 6.93. The Kier molecular flexibility index (Phi) is 2.86. The molecule has 16 heavy (non-hydrogen) atoms. The van der Waals surface area contributed by atoms with Crippen molar-refractivity contribution >= 4 is 5.91 Å². The fourth-order valence-corrected chi connectivity index (χ4v) is 3.22. The zero-order valence-corrected chi connectivity index (χ0v) is 9.65. The van der Waals surface area contributed by atoms with Crippen LogP contribution in [-0.2, 0) is 9.63 Å². The highest BCUT2D eigenvalue weighted by Gasteiger charge is 2.41. The van der Waals surface area contributed by atoms with E-state index in [-0.39, 0.29) is 18.1 Å². The molecular weight excluding hydrogens is 204 g/mol. The average molecular weight is 224 g/mol. The van der Waals surface area contributed by atoms with Gasteiger partial charge in [-0.25, -0.2) is 5.06 Å².